The summed E-state index contributed by atoms with van der Waals surface area (Å²) in [5.74, 6) is 1.11. The molecule has 2 aromatic rings. The van der Waals surface area contributed by atoms with Gasteiger partial charge in [-0.1, -0.05) is 28.4 Å². The van der Waals surface area contributed by atoms with Gasteiger partial charge in [-0.2, -0.15) is 4.98 Å². The number of hydrogen-bond donors (Lipinski definition) is 1. The Morgan fingerprint density at radius 1 is 1.35 bits per heavy atom. The summed E-state index contributed by atoms with van der Waals surface area (Å²) in [4.78, 5) is 4.28. The zero-order chi connectivity index (χ0) is 14.5. The van der Waals surface area contributed by atoms with Gasteiger partial charge in [0.1, 0.15) is 0 Å². The Kier molecular flexibility index (Phi) is 5.17. The van der Waals surface area contributed by atoms with Gasteiger partial charge < -0.3 is 9.84 Å². The maximum absolute atomic E-state index is 6.07. The monoisotopic (exact) mass is 311 g/mol. The highest BCUT2D eigenvalue weighted by atomic mass is 35.5. The molecule has 1 aromatic heterocycles. The first-order valence-electron chi connectivity index (χ1n) is 6.21. The number of likely N-dealkylation sites (N-methyl/N-ethyl adjacent to an activating group) is 1. The van der Waals surface area contributed by atoms with Gasteiger partial charge in [0, 0.05) is 28.6 Å². The topological polar surface area (TPSA) is 51.0 Å². The lowest BCUT2D eigenvalue weighted by Gasteiger charge is -2.04. The molecule has 0 spiro atoms. The third-order valence-corrected chi connectivity index (χ3v) is 3.41. The smallest absolute Gasteiger partial charge is 0.250 e. The van der Waals surface area contributed by atoms with Crippen LogP contribution in [-0.2, 0) is 6.42 Å². The van der Waals surface area contributed by atoms with Crippen LogP contribution in [0, 0.1) is 0 Å². The minimum atomic E-state index is 0.298. The van der Waals surface area contributed by atoms with E-state index in [0.717, 1.165) is 5.56 Å². The highest BCUT2D eigenvalue weighted by molar-refractivity contribution is 6.34. The molecule has 1 atom stereocenters. The van der Waals surface area contributed by atoms with Gasteiger partial charge in [-0.15, -0.1) is 0 Å². The summed E-state index contributed by atoms with van der Waals surface area (Å²) in [5.41, 5.74) is 0.808. The Bertz CT molecular complexity index is 610. The van der Waals surface area contributed by atoms with Crippen molar-refractivity contribution in [3.05, 3.63) is 45.5 Å². The van der Waals surface area contributed by atoms with Crippen molar-refractivity contribution in [3.63, 3.8) is 0 Å². The molecule has 0 radical (unpaired) electrons. The molecule has 0 aliphatic heterocycles. The van der Waals surface area contributed by atoms with Crippen LogP contribution >= 0.6 is 23.2 Å². The van der Waals surface area contributed by atoms with Crippen LogP contribution in [0.3, 0.4) is 0 Å². The van der Waals surface area contributed by atoms with E-state index in [1.165, 1.54) is 0 Å². The van der Waals surface area contributed by atoms with Gasteiger partial charge >= 0.3 is 0 Å². The number of rotatable bonds is 5. The van der Waals surface area contributed by atoms with Gasteiger partial charge in [0.05, 0.1) is 0 Å². The molecule has 0 saturated heterocycles. The molecule has 106 valence electrons. The summed E-state index contributed by atoms with van der Waals surface area (Å²) in [6.45, 7) is 2.05. The maximum Gasteiger partial charge on any atom is 0.250 e. The molecule has 0 amide bonds. The Morgan fingerprint density at radius 3 is 2.90 bits per heavy atom. The fraction of sp³-hybridized carbons (Fsp3) is 0.286. The van der Waals surface area contributed by atoms with Crippen molar-refractivity contribution in [2.45, 2.75) is 19.4 Å². The van der Waals surface area contributed by atoms with Crippen LogP contribution in [0.1, 0.15) is 24.2 Å². The highest BCUT2D eigenvalue weighted by Gasteiger charge is 2.07. The van der Waals surface area contributed by atoms with Crippen molar-refractivity contribution in [1.82, 2.24) is 15.5 Å². The van der Waals surface area contributed by atoms with E-state index in [-0.39, 0.29) is 0 Å². The Labute approximate surface area is 127 Å². The summed E-state index contributed by atoms with van der Waals surface area (Å²) in [6, 6.07) is 5.57. The molecule has 1 aromatic carbocycles. The number of aromatic nitrogens is 2. The van der Waals surface area contributed by atoms with E-state index in [2.05, 4.69) is 22.4 Å². The predicted octanol–water partition coefficient (Wildman–Crippen LogP) is 3.70. The fourth-order valence-corrected chi connectivity index (χ4v) is 1.96. The average Bonchev–Trinajstić information content (AvgIpc) is 2.87. The number of nitrogens with zero attached hydrogens (tertiary/aromatic N) is 2. The number of halogens is 2. The molecule has 0 fully saturated rings. The summed E-state index contributed by atoms with van der Waals surface area (Å²) >= 11 is 12.0. The lowest BCUT2D eigenvalue weighted by Crippen LogP contribution is -2.24. The maximum atomic E-state index is 6.07. The first-order chi connectivity index (χ1) is 9.58. The molecule has 2 rings (SSSR count). The second-order valence-electron chi connectivity index (χ2n) is 4.44. The number of benzene rings is 1. The lowest BCUT2D eigenvalue weighted by molar-refractivity contribution is 0.400. The first-order valence-corrected chi connectivity index (χ1v) is 6.97. The largest absolute Gasteiger partial charge is 0.335 e. The van der Waals surface area contributed by atoms with Crippen LogP contribution in [-0.4, -0.2) is 23.2 Å². The highest BCUT2D eigenvalue weighted by Crippen LogP contribution is 2.22. The standard InChI is InChI=1S/C14H15Cl2N3O/c1-9(17-2)7-13-18-14(20-19-13)6-3-10-8-11(15)4-5-12(10)16/h3-6,8-9,17H,7H2,1-2H3/b6-3+. The molecule has 0 aliphatic rings. The van der Waals surface area contributed by atoms with E-state index in [1.807, 2.05) is 7.05 Å². The van der Waals surface area contributed by atoms with Crippen molar-refractivity contribution >= 4 is 35.4 Å². The molecule has 0 saturated carbocycles. The van der Waals surface area contributed by atoms with E-state index in [9.17, 15) is 0 Å². The quantitative estimate of drug-likeness (QED) is 0.914. The van der Waals surface area contributed by atoms with E-state index in [0.29, 0.717) is 34.2 Å². The number of hydrogen-bond acceptors (Lipinski definition) is 4. The van der Waals surface area contributed by atoms with E-state index < -0.39 is 0 Å². The molecule has 1 N–H and O–H groups in total. The molecule has 1 unspecified atom stereocenters. The van der Waals surface area contributed by atoms with Gasteiger partial charge in [0.15, 0.2) is 5.82 Å². The Morgan fingerprint density at radius 2 is 2.15 bits per heavy atom. The summed E-state index contributed by atoms with van der Waals surface area (Å²) in [7, 11) is 1.90. The Balaban J connectivity index is 2.10. The lowest BCUT2D eigenvalue weighted by atomic mass is 10.2. The van der Waals surface area contributed by atoms with Crippen LogP contribution < -0.4 is 5.32 Å². The average molecular weight is 312 g/mol. The predicted molar refractivity (Wildman–Crippen MR) is 81.9 cm³/mol. The van der Waals surface area contributed by atoms with Crippen molar-refractivity contribution < 1.29 is 4.52 Å². The van der Waals surface area contributed by atoms with Crippen molar-refractivity contribution in [2.75, 3.05) is 7.05 Å². The van der Waals surface area contributed by atoms with Crippen molar-refractivity contribution in [1.29, 1.82) is 0 Å². The van der Waals surface area contributed by atoms with Gasteiger partial charge in [-0.3, -0.25) is 0 Å². The van der Waals surface area contributed by atoms with Crippen molar-refractivity contribution in [2.24, 2.45) is 0 Å². The number of nitrogens with one attached hydrogen (secondary N) is 1. The summed E-state index contributed by atoms with van der Waals surface area (Å²) in [6.07, 6.45) is 4.23. The minimum absolute atomic E-state index is 0.298. The van der Waals surface area contributed by atoms with Gasteiger partial charge in [-0.05, 0) is 43.8 Å². The molecule has 4 nitrogen and oxygen atoms in total. The normalized spacial score (nSPS) is 13.0. The van der Waals surface area contributed by atoms with Crippen LogP contribution in [0.5, 0.6) is 0 Å². The molecular weight excluding hydrogens is 297 g/mol. The summed E-state index contributed by atoms with van der Waals surface area (Å²) in [5, 5.41) is 8.29. The third kappa shape index (κ3) is 4.07. The molecular formula is C14H15Cl2N3O. The molecule has 20 heavy (non-hydrogen) atoms. The third-order valence-electron chi connectivity index (χ3n) is 2.83. The second kappa shape index (κ2) is 6.88. The van der Waals surface area contributed by atoms with Crippen LogP contribution in [0.4, 0.5) is 0 Å². The SMILES string of the molecule is CNC(C)Cc1noc(/C=C/c2cc(Cl)ccc2Cl)n1. The van der Waals surface area contributed by atoms with E-state index >= 15 is 0 Å². The first kappa shape index (κ1) is 15.0. The van der Waals surface area contributed by atoms with Gasteiger partial charge in [0.2, 0.25) is 0 Å². The van der Waals surface area contributed by atoms with Crippen LogP contribution in [0.25, 0.3) is 12.2 Å². The van der Waals surface area contributed by atoms with Gasteiger partial charge in [0.25, 0.3) is 5.89 Å². The zero-order valence-electron chi connectivity index (χ0n) is 11.2. The molecule has 6 heteroatoms. The van der Waals surface area contributed by atoms with Crippen LogP contribution in [0.2, 0.25) is 10.0 Å². The van der Waals surface area contributed by atoms with Crippen LogP contribution in [0.15, 0.2) is 22.7 Å². The molecule has 0 aliphatic carbocycles. The fourth-order valence-electron chi connectivity index (χ4n) is 1.60. The van der Waals surface area contributed by atoms with E-state index in [4.69, 9.17) is 27.7 Å². The van der Waals surface area contributed by atoms with Crippen molar-refractivity contribution in [3.8, 4) is 0 Å². The minimum Gasteiger partial charge on any atom is -0.335 e. The molecule has 1 heterocycles. The van der Waals surface area contributed by atoms with E-state index in [1.54, 1.807) is 30.4 Å². The van der Waals surface area contributed by atoms with Gasteiger partial charge in [-0.25, -0.2) is 0 Å². The Hall–Kier alpha value is -1.36. The molecule has 0 bridgehead atoms. The second-order valence-corrected chi connectivity index (χ2v) is 5.29. The summed E-state index contributed by atoms with van der Waals surface area (Å²) < 4.78 is 5.15. The zero-order valence-corrected chi connectivity index (χ0v) is 12.7.